The topological polar surface area (TPSA) is 16.1 Å². The monoisotopic (exact) mass is 246 g/mol. The molecule has 15 heavy (non-hydrogen) atoms. The first kappa shape index (κ1) is 12.8. The molecule has 0 bridgehead atoms. The third-order valence-electron chi connectivity index (χ3n) is 2.30. The standard InChI is InChI=1S/C11H19ClN2S/c1-4-10-8-15-11(13-10)14(9(2)3)7-5-6-12/h8-9H,4-7H2,1-3H3. The highest BCUT2D eigenvalue weighted by atomic mass is 35.5. The third-order valence-corrected chi connectivity index (χ3v) is 3.50. The van der Waals surface area contributed by atoms with Gasteiger partial charge in [0.05, 0.1) is 5.69 Å². The van der Waals surface area contributed by atoms with E-state index in [9.17, 15) is 0 Å². The minimum Gasteiger partial charge on any atom is -0.346 e. The number of anilines is 1. The van der Waals surface area contributed by atoms with Gasteiger partial charge in [0.25, 0.3) is 0 Å². The highest BCUT2D eigenvalue weighted by Gasteiger charge is 2.13. The summed E-state index contributed by atoms with van der Waals surface area (Å²) < 4.78 is 0. The molecule has 1 aromatic heterocycles. The number of aryl methyl sites for hydroxylation is 1. The number of aromatic nitrogens is 1. The van der Waals surface area contributed by atoms with Crippen molar-refractivity contribution in [1.29, 1.82) is 0 Å². The lowest BCUT2D eigenvalue weighted by Crippen LogP contribution is -2.31. The molecule has 0 aromatic carbocycles. The SMILES string of the molecule is CCc1csc(N(CCCCl)C(C)C)n1. The molecule has 0 unspecified atom stereocenters. The van der Waals surface area contributed by atoms with Gasteiger partial charge in [-0.25, -0.2) is 4.98 Å². The van der Waals surface area contributed by atoms with E-state index in [4.69, 9.17) is 11.6 Å². The van der Waals surface area contributed by atoms with Crippen LogP contribution in [0, 0.1) is 0 Å². The van der Waals surface area contributed by atoms with Gasteiger partial charge in [-0.05, 0) is 26.7 Å². The molecule has 1 aromatic rings. The Bertz CT molecular complexity index is 286. The molecule has 0 aliphatic heterocycles. The van der Waals surface area contributed by atoms with Crippen LogP contribution in [0.1, 0.15) is 32.9 Å². The lowest BCUT2D eigenvalue weighted by molar-refractivity contribution is 0.669. The summed E-state index contributed by atoms with van der Waals surface area (Å²) in [6.07, 6.45) is 2.03. The first-order valence-corrected chi connectivity index (χ1v) is 6.87. The van der Waals surface area contributed by atoms with Crippen LogP contribution in [-0.4, -0.2) is 23.5 Å². The Morgan fingerprint density at radius 1 is 1.53 bits per heavy atom. The molecule has 0 saturated heterocycles. The van der Waals surface area contributed by atoms with Crippen LogP contribution in [-0.2, 0) is 6.42 Å². The van der Waals surface area contributed by atoms with Crippen molar-refractivity contribution >= 4 is 28.1 Å². The van der Waals surface area contributed by atoms with Crippen molar-refractivity contribution in [3.8, 4) is 0 Å². The van der Waals surface area contributed by atoms with E-state index in [-0.39, 0.29) is 0 Å². The zero-order valence-corrected chi connectivity index (χ0v) is 11.2. The summed E-state index contributed by atoms with van der Waals surface area (Å²) in [5.41, 5.74) is 1.19. The quantitative estimate of drug-likeness (QED) is 0.714. The van der Waals surface area contributed by atoms with Crippen LogP contribution in [0.15, 0.2) is 5.38 Å². The fourth-order valence-electron chi connectivity index (χ4n) is 1.40. The van der Waals surface area contributed by atoms with E-state index in [1.165, 1.54) is 5.69 Å². The highest BCUT2D eigenvalue weighted by molar-refractivity contribution is 7.13. The Balaban J connectivity index is 2.70. The molecule has 1 rings (SSSR count). The maximum atomic E-state index is 5.73. The van der Waals surface area contributed by atoms with E-state index in [1.54, 1.807) is 11.3 Å². The first-order valence-electron chi connectivity index (χ1n) is 5.46. The molecule has 1 heterocycles. The second-order valence-corrected chi connectivity index (χ2v) is 5.02. The maximum absolute atomic E-state index is 5.73. The van der Waals surface area contributed by atoms with Crippen molar-refractivity contribution in [2.75, 3.05) is 17.3 Å². The fraction of sp³-hybridized carbons (Fsp3) is 0.727. The molecule has 4 heteroatoms. The molecule has 86 valence electrons. The van der Waals surface area contributed by atoms with Crippen LogP contribution >= 0.6 is 22.9 Å². The van der Waals surface area contributed by atoms with Crippen molar-refractivity contribution in [3.63, 3.8) is 0 Å². The lowest BCUT2D eigenvalue weighted by Gasteiger charge is -2.25. The second kappa shape index (κ2) is 6.33. The predicted molar refractivity (Wildman–Crippen MR) is 69.3 cm³/mol. The van der Waals surface area contributed by atoms with E-state index in [1.807, 2.05) is 0 Å². The molecule has 0 atom stereocenters. The molecule has 2 nitrogen and oxygen atoms in total. The summed E-state index contributed by atoms with van der Waals surface area (Å²) >= 11 is 7.46. The molecule has 0 fully saturated rings. The Morgan fingerprint density at radius 3 is 2.73 bits per heavy atom. The molecule has 0 spiro atoms. The fourth-order valence-corrected chi connectivity index (χ4v) is 2.58. The van der Waals surface area contributed by atoms with Crippen LogP contribution in [0.2, 0.25) is 0 Å². The number of halogens is 1. The van der Waals surface area contributed by atoms with Crippen LogP contribution in [0.5, 0.6) is 0 Å². The summed E-state index contributed by atoms with van der Waals surface area (Å²) in [5.74, 6) is 0.717. The van der Waals surface area contributed by atoms with Gasteiger partial charge in [-0.3, -0.25) is 0 Å². The molecule has 0 saturated carbocycles. The van der Waals surface area contributed by atoms with Crippen molar-refractivity contribution in [3.05, 3.63) is 11.1 Å². The average molecular weight is 247 g/mol. The molecular weight excluding hydrogens is 228 g/mol. The number of alkyl halides is 1. The van der Waals surface area contributed by atoms with Gasteiger partial charge in [0.2, 0.25) is 0 Å². The van der Waals surface area contributed by atoms with E-state index < -0.39 is 0 Å². The van der Waals surface area contributed by atoms with Crippen molar-refractivity contribution in [1.82, 2.24) is 4.98 Å². The van der Waals surface area contributed by atoms with Crippen molar-refractivity contribution < 1.29 is 0 Å². The third kappa shape index (κ3) is 3.65. The number of thiazole rings is 1. The lowest BCUT2D eigenvalue weighted by atomic mass is 10.3. The van der Waals surface area contributed by atoms with Gasteiger partial charge in [-0.2, -0.15) is 0 Å². The second-order valence-electron chi connectivity index (χ2n) is 3.80. The summed E-state index contributed by atoms with van der Waals surface area (Å²) in [5, 5.41) is 3.28. The smallest absolute Gasteiger partial charge is 0.185 e. The number of hydrogen-bond donors (Lipinski definition) is 0. The Labute approximate surface area is 101 Å². The Morgan fingerprint density at radius 2 is 2.27 bits per heavy atom. The maximum Gasteiger partial charge on any atom is 0.185 e. The van der Waals surface area contributed by atoms with E-state index in [0.29, 0.717) is 6.04 Å². The molecule has 0 aliphatic carbocycles. The van der Waals surface area contributed by atoms with Crippen molar-refractivity contribution in [2.24, 2.45) is 0 Å². The minimum atomic E-state index is 0.490. The van der Waals surface area contributed by atoms with E-state index in [2.05, 4.69) is 36.0 Å². The molecular formula is C11H19ClN2S. The largest absolute Gasteiger partial charge is 0.346 e. The zero-order chi connectivity index (χ0) is 11.3. The van der Waals surface area contributed by atoms with Crippen LogP contribution in [0.25, 0.3) is 0 Å². The highest BCUT2D eigenvalue weighted by Crippen LogP contribution is 2.23. The Hall–Kier alpha value is -0.280. The van der Waals surface area contributed by atoms with Gasteiger partial charge in [0, 0.05) is 23.8 Å². The minimum absolute atomic E-state index is 0.490. The number of nitrogens with zero attached hydrogens (tertiary/aromatic N) is 2. The summed E-state index contributed by atoms with van der Waals surface area (Å²) in [6.45, 7) is 7.53. The number of hydrogen-bond acceptors (Lipinski definition) is 3. The molecule has 0 N–H and O–H groups in total. The molecule has 0 amide bonds. The first-order chi connectivity index (χ1) is 7.19. The Kier molecular flexibility index (Phi) is 5.40. The predicted octanol–water partition coefficient (Wildman–Crippen LogP) is 3.55. The van der Waals surface area contributed by atoms with Gasteiger partial charge in [-0.1, -0.05) is 6.92 Å². The van der Waals surface area contributed by atoms with Gasteiger partial charge < -0.3 is 4.90 Å². The van der Waals surface area contributed by atoms with Gasteiger partial charge in [-0.15, -0.1) is 22.9 Å². The summed E-state index contributed by atoms with van der Waals surface area (Å²) in [4.78, 5) is 6.93. The molecule has 0 radical (unpaired) electrons. The van der Waals surface area contributed by atoms with E-state index in [0.717, 1.165) is 30.4 Å². The summed E-state index contributed by atoms with van der Waals surface area (Å²) in [6, 6.07) is 0.490. The van der Waals surface area contributed by atoms with Crippen LogP contribution in [0.3, 0.4) is 0 Å². The van der Waals surface area contributed by atoms with Gasteiger partial charge >= 0.3 is 0 Å². The van der Waals surface area contributed by atoms with Crippen LogP contribution in [0.4, 0.5) is 5.13 Å². The zero-order valence-electron chi connectivity index (χ0n) is 9.66. The molecule has 0 aliphatic rings. The van der Waals surface area contributed by atoms with Crippen molar-refractivity contribution in [2.45, 2.75) is 39.7 Å². The number of rotatable bonds is 6. The average Bonchev–Trinajstić information content (AvgIpc) is 2.66. The van der Waals surface area contributed by atoms with Crippen LogP contribution < -0.4 is 4.90 Å². The normalized spacial score (nSPS) is 11.0. The van der Waals surface area contributed by atoms with Gasteiger partial charge in [0.1, 0.15) is 0 Å². The summed E-state index contributed by atoms with van der Waals surface area (Å²) in [7, 11) is 0. The van der Waals surface area contributed by atoms with Gasteiger partial charge in [0.15, 0.2) is 5.13 Å². The van der Waals surface area contributed by atoms with E-state index >= 15 is 0 Å².